The molecule has 0 aliphatic carbocycles. The number of hydrogen-bond donors (Lipinski definition) is 0. The van der Waals surface area contributed by atoms with Crippen molar-refractivity contribution in [2.45, 2.75) is 0 Å². The smallest absolute Gasteiger partial charge is 0.0541 e. The molecular weight excluding hydrogens is 739 g/mol. The molecule has 10 aromatic carbocycles. The molecule has 2 aromatic heterocycles. The largest absolute Gasteiger partial charge is 0.311 e. The van der Waals surface area contributed by atoms with E-state index in [9.17, 15) is 0 Å². The zero-order valence-electron chi connectivity index (χ0n) is 33.4. The molecule has 3 heteroatoms. The van der Waals surface area contributed by atoms with E-state index in [0.717, 1.165) is 22.7 Å². The van der Waals surface area contributed by atoms with Crippen molar-refractivity contribution in [3.8, 4) is 33.6 Å². The first kappa shape index (κ1) is 34.9. The van der Waals surface area contributed by atoms with E-state index in [1.807, 2.05) is 0 Å². The molecule has 3 nitrogen and oxygen atoms in total. The van der Waals surface area contributed by atoms with Crippen LogP contribution < -0.4 is 4.90 Å². The standard InChI is InChI=1S/C58H39N3/c1-4-14-46(15-5-1)59(47-16-6-2-7-17-47)49-31-26-40(27-32-49)42-25-24-41-28-33-50(37-45(41)36-42)61-56-23-13-11-21-52(56)54-39-44(30-35-58(54)61)43-29-34-57-53(38-43)51-20-10-12-22-55(51)60(57)48-18-8-3-9-19-48/h1-39H. The topological polar surface area (TPSA) is 13.1 Å². The maximum absolute atomic E-state index is 2.42. The van der Waals surface area contributed by atoms with E-state index in [1.165, 1.54) is 82.3 Å². The number of aromatic nitrogens is 2. The highest BCUT2D eigenvalue weighted by Crippen LogP contribution is 2.40. The summed E-state index contributed by atoms with van der Waals surface area (Å²) in [6.07, 6.45) is 0. The Morgan fingerprint density at radius 3 is 1.26 bits per heavy atom. The molecule has 12 aromatic rings. The molecule has 0 radical (unpaired) electrons. The average Bonchev–Trinajstić information content (AvgIpc) is 3.85. The Bertz CT molecular complexity index is 3520. The normalized spacial score (nSPS) is 11.6. The lowest BCUT2D eigenvalue weighted by Crippen LogP contribution is -2.09. The molecule has 0 fully saturated rings. The first-order valence-corrected chi connectivity index (χ1v) is 20.9. The van der Waals surface area contributed by atoms with Gasteiger partial charge in [0.1, 0.15) is 0 Å². The molecule has 2 heterocycles. The second kappa shape index (κ2) is 14.3. The average molecular weight is 778 g/mol. The van der Waals surface area contributed by atoms with E-state index < -0.39 is 0 Å². The van der Waals surface area contributed by atoms with Crippen molar-refractivity contribution in [1.82, 2.24) is 9.13 Å². The molecular formula is C58H39N3. The third-order valence-electron chi connectivity index (χ3n) is 12.3. The summed E-state index contributed by atoms with van der Waals surface area (Å²) in [5.41, 5.74) is 15.3. The minimum atomic E-state index is 1.12. The van der Waals surface area contributed by atoms with Gasteiger partial charge in [0, 0.05) is 50.0 Å². The fraction of sp³-hybridized carbons (Fsp3) is 0. The second-order valence-electron chi connectivity index (χ2n) is 15.8. The lowest BCUT2D eigenvalue weighted by atomic mass is 10.00. The maximum atomic E-state index is 2.42. The van der Waals surface area contributed by atoms with Gasteiger partial charge in [-0.05, 0) is 136 Å². The van der Waals surface area contributed by atoms with Gasteiger partial charge < -0.3 is 14.0 Å². The zero-order chi connectivity index (χ0) is 40.3. The number of rotatable bonds is 7. The van der Waals surface area contributed by atoms with Gasteiger partial charge >= 0.3 is 0 Å². The minimum Gasteiger partial charge on any atom is -0.311 e. The molecule has 0 aliphatic rings. The summed E-state index contributed by atoms with van der Waals surface area (Å²) in [5, 5.41) is 7.43. The number of nitrogens with zero attached hydrogens (tertiary/aromatic N) is 3. The Balaban J connectivity index is 0.924. The SMILES string of the molecule is c1ccc(N(c2ccccc2)c2ccc(-c3ccc4ccc(-n5c6ccccc6c6cc(-c7ccc8c(c7)c7ccccc7n8-c7ccccc7)ccc65)cc4c3)cc2)cc1. The highest BCUT2D eigenvalue weighted by atomic mass is 15.1. The van der Waals surface area contributed by atoms with Gasteiger partial charge in [-0.25, -0.2) is 0 Å². The van der Waals surface area contributed by atoms with Crippen molar-refractivity contribution >= 4 is 71.4 Å². The molecule has 61 heavy (non-hydrogen) atoms. The van der Waals surface area contributed by atoms with E-state index in [2.05, 4.69) is 251 Å². The lowest BCUT2D eigenvalue weighted by Gasteiger charge is -2.25. The monoisotopic (exact) mass is 777 g/mol. The Labute approximate surface area is 354 Å². The summed E-state index contributed by atoms with van der Waals surface area (Å²) in [6, 6.07) is 85.8. The van der Waals surface area contributed by atoms with E-state index >= 15 is 0 Å². The van der Waals surface area contributed by atoms with Gasteiger partial charge in [-0.2, -0.15) is 0 Å². The lowest BCUT2D eigenvalue weighted by molar-refractivity contribution is 1.18. The van der Waals surface area contributed by atoms with Crippen LogP contribution in [0.15, 0.2) is 237 Å². The van der Waals surface area contributed by atoms with Crippen molar-refractivity contribution in [2.24, 2.45) is 0 Å². The summed E-state index contributed by atoms with van der Waals surface area (Å²) in [4.78, 5) is 2.30. The quantitative estimate of drug-likeness (QED) is 0.157. The molecule has 0 spiro atoms. The summed E-state index contributed by atoms with van der Waals surface area (Å²) in [5.74, 6) is 0. The van der Waals surface area contributed by atoms with Crippen LogP contribution in [0.3, 0.4) is 0 Å². The number of hydrogen-bond acceptors (Lipinski definition) is 1. The van der Waals surface area contributed by atoms with Gasteiger partial charge in [-0.1, -0.05) is 133 Å². The van der Waals surface area contributed by atoms with E-state index in [1.54, 1.807) is 0 Å². The first-order chi connectivity index (χ1) is 30.2. The Morgan fingerprint density at radius 1 is 0.246 bits per heavy atom. The fourth-order valence-electron chi connectivity index (χ4n) is 9.40. The molecule has 0 amide bonds. The van der Waals surface area contributed by atoms with Crippen LogP contribution in [0, 0.1) is 0 Å². The molecule has 286 valence electrons. The first-order valence-electron chi connectivity index (χ1n) is 20.9. The highest BCUT2D eigenvalue weighted by Gasteiger charge is 2.17. The van der Waals surface area contributed by atoms with Crippen LogP contribution in [0.4, 0.5) is 17.1 Å². The van der Waals surface area contributed by atoms with Gasteiger partial charge in [0.2, 0.25) is 0 Å². The summed E-state index contributed by atoms with van der Waals surface area (Å²) in [6.45, 7) is 0. The molecule has 0 saturated heterocycles. The molecule has 12 rings (SSSR count). The highest BCUT2D eigenvalue weighted by molar-refractivity contribution is 6.13. The van der Waals surface area contributed by atoms with Gasteiger partial charge in [-0.3, -0.25) is 0 Å². The third-order valence-corrected chi connectivity index (χ3v) is 12.3. The third kappa shape index (κ3) is 5.90. The Hall–Kier alpha value is -8.14. The van der Waals surface area contributed by atoms with Gasteiger partial charge in [-0.15, -0.1) is 0 Å². The van der Waals surface area contributed by atoms with Crippen LogP contribution in [-0.4, -0.2) is 9.13 Å². The number of fused-ring (bicyclic) bond motifs is 7. The van der Waals surface area contributed by atoms with E-state index in [4.69, 9.17) is 0 Å². The van der Waals surface area contributed by atoms with Crippen LogP contribution in [0.1, 0.15) is 0 Å². The van der Waals surface area contributed by atoms with Gasteiger partial charge in [0.25, 0.3) is 0 Å². The molecule has 0 atom stereocenters. The maximum Gasteiger partial charge on any atom is 0.0541 e. The zero-order valence-corrected chi connectivity index (χ0v) is 33.4. The fourth-order valence-corrected chi connectivity index (χ4v) is 9.40. The van der Waals surface area contributed by atoms with Crippen molar-refractivity contribution in [1.29, 1.82) is 0 Å². The number of para-hydroxylation sites is 5. The van der Waals surface area contributed by atoms with Crippen LogP contribution >= 0.6 is 0 Å². The minimum absolute atomic E-state index is 1.12. The Kier molecular flexibility index (Phi) is 8.17. The molecule has 0 aliphatic heterocycles. The van der Waals surface area contributed by atoms with Crippen LogP contribution in [0.2, 0.25) is 0 Å². The molecule has 0 unspecified atom stereocenters. The number of benzene rings is 10. The molecule has 0 bridgehead atoms. The van der Waals surface area contributed by atoms with Gasteiger partial charge in [0.15, 0.2) is 0 Å². The van der Waals surface area contributed by atoms with Crippen LogP contribution in [0.5, 0.6) is 0 Å². The second-order valence-corrected chi connectivity index (χ2v) is 15.8. The molecule has 0 N–H and O–H groups in total. The Morgan fingerprint density at radius 2 is 0.672 bits per heavy atom. The summed E-state index contributed by atoms with van der Waals surface area (Å²) >= 11 is 0. The number of anilines is 3. The molecule has 0 saturated carbocycles. The van der Waals surface area contributed by atoms with Crippen LogP contribution in [0.25, 0.3) is 88.0 Å². The van der Waals surface area contributed by atoms with E-state index in [-0.39, 0.29) is 0 Å². The van der Waals surface area contributed by atoms with E-state index in [0.29, 0.717) is 0 Å². The predicted molar refractivity (Wildman–Crippen MR) is 258 cm³/mol. The summed E-state index contributed by atoms with van der Waals surface area (Å²) in [7, 11) is 0. The van der Waals surface area contributed by atoms with Crippen molar-refractivity contribution in [3.05, 3.63) is 237 Å². The van der Waals surface area contributed by atoms with Gasteiger partial charge in [0.05, 0.1) is 22.1 Å². The summed E-state index contributed by atoms with van der Waals surface area (Å²) < 4.78 is 4.80. The van der Waals surface area contributed by atoms with Crippen molar-refractivity contribution in [3.63, 3.8) is 0 Å². The van der Waals surface area contributed by atoms with Crippen molar-refractivity contribution < 1.29 is 0 Å². The van der Waals surface area contributed by atoms with Crippen LogP contribution in [-0.2, 0) is 0 Å². The van der Waals surface area contributed by atoms with Crippen molar-refractivity contribution in [2.75, 3.05) is 4.90 Å². The predicted octanol–water partition coefficient (Wildman–Crippen LogP) is 15.8.